The molecule has 1 aromatic rings. The number of aliphatic hydroxyl groups is 8. The van der Waals surface area contributed by atoms with E-state index in [1.165, 1.54) is 14.2 Å². The molecule has 0 aliphatic carbocycles. The molecule has 0 unspecified atom stereocenters. The lowest BCUT2D eigenvalue weighted by atomic mass is 9.93. The molecule has 3 rings (SSSR count). The van der Waals surface area contributed by atoms with Crippen molar-refractivity contribution in [1.82, 2.24) is 0 Å². The Morgan fingerprint density at radius 2 is 0.947 bits per heavy atom. The summed E-state index contributed by atoms with van der Waals surface area (Å²) in [5.74, 6) is 1.01. The third-order valence-electron chi connectivity index (χ3n) is 6.90. The van der Waals surface area contributed by atoms with E-state index < -0.39 is 74.3 Å². The topological polar surface area (TPSA) is 199 Å². The first-order chi connectivity index (χ1) is 18.2. The van der Waals surface area contributed by atoms with E-state index in [1.54, 1.807) is 36.4 Å². The molecule has 0 aromatic heterocycles. The lowest BCUT2D eigenvalue weighted by molar-refractivity contribution is -0.227. The van der Waals surface area contributed by atoms with E-state index in [0.29, 0.717) is 22.6 Å². The van der Waals surface area contributed by atoms with Crippen LogP contribution in [0.15, 0.2) is 24.3 Å². The normalized spacial score (nSPS) is 36.2. The summed E-state index contributed by atoms with van der Waals surface area (Å²) in [5, 5.41) is 78.9. The minimum absolute atomic E-state index is 0.188. The second-order valence-electron chi connectivity index (χ2n) is 9.35. The Kier molecular flexibility index (Phi) is 11.1. The fraction of sp³-hybridized carbons (Fsp3) is 0.615. The van der Waals surface area contributed by atoms with Crippen LogP contribution in [0.2, 0.25) is 0 Å². The molecule has 10 atom stereocenters. The highest BCUT2D eigenvalue weighted by Crippen LogP contribution is 2.32. The molecular weight excluding hydrogens is 504 g/mol. The standard InChI is InChI=1S/C26H38O12/c1-35-17-9-14(6-4-8-16-22(30)26(34)24(32)20(12-28)38-16)18(36-2)10-13(17)5-3-7-15-21(29)25(33)23(31)19(11-27)37-15/h3-6,9-10,15-16,19-34H,7-8,11-12H2,1-2H3/b5-3+,6-4+/t15-,16-,19-,20-,21-,22+,23-,24-,25-,26-/m1/s1. The van der Waals surface area contributed by atoms with Gasteiger partial charge in [-0.15, -0.1) is 0 Å². The van der Waals surface area contributed by atoms with Crippen LogP contribution in [0.25, 0.3) is 12.2 Å². The molecule has 2 saturated heterocycles. The molecule has 0 bridgehead atoms. The highest BCUT2D eigenvalue weighted by Gasteiger charge is 2.43. The van der Waals surface area contributed by atoms with E-state index in [4.69, 9.17) is 18.9 Å². The van der Waals surface area contributed by atoms with Gasteiger partial charge in [0.15, 0.2) is 0 Å². The van der Waals surface area contributed by atoms with Crippen molar-refractivity contribution >= 4 is 12.2 Å². The Morgan fingerprint density at radius 3 is 1.26 bits per heavy atom. The maximum atomic E-state index is 10.2. The zero-order valence-electron chi connectivity index (χ0n) is 21.3. The summed E-state index contributed by atoms with van der Waals surface area (Å²) >= 11 is 0. The highest BCUT2D eigenvalue weighted by atomic mass is 16.6. The SMILES string of the molecule is COc1cc(/C=C/C[C@H]2O[C@H](CO)[C@@H](O)[C@H](O)[C@@H]2O)c(OC)cc1/C=C/C[C@H]1O[C@H](CO)[C@@H](O)[C@H](O)[C@H]1O. The van der Waals surface area contributed by atoms with Gasteiger partial charge < -0.3 is 59.8 Å². The van der Waals surface area contributed by atoms with Gasteiger partial charge in [-0.1, -0.05) is 24.3 Å². The fourth-order valence-electron chi connectivity index (χ4n) is 4.61. The second-order valence-corrected chi connectivity index (χ2v) is 9.35. The van der Waals surface area contributed by atoms with Gasteiger partial charge in [0.25, 0.3) is 0 Å². The zero-order chi connectivity index (χ0) is 28.0. The molecule has 8 N–H and O–H groups in total. The van der Waals surface area contributed by atoms with E-state index in [0.717, 1.165) is 0 Å². The number of benzene rings is 1. The molecule has 2 aliphatic rings. The first kappa shape index (κ1) is 30.4. The Morgan fingerprint density at radius 1 is 0.605 bits per heavy atom. The van der Waals surface area contributed by atoms with Gasteiger partial charge in [-0.3, -0.25) is 0 Å². The number of ether oxygens (including phenoxy) is 4. The Labute approximate surface area is 220 Å². The van der Waals surface area contributed by atoms with Crippen LogP contribution in [0, 0.1) is 0 Å². The van der Waals surface area contributed by atoms with Gasteiger partial charge in [-0.05, 0) is 25.0 Å². The number of rotatable bonds is 10. The summed E-state index contributed by atoms with van der Waals surface area (Å²) in [6.45, 7) is -0.997. The van der Waals surface area contributed by atoms with Crippen molar-refractivity contribution in [1.29, 1.82) is 0 Å². The van der Waals surface area contributed by atoms with Crippen LogP contribution in [0.1, 0.15) is 24.0 Å². The summed E-state index contributed by atoms with van der Waals surface area (Å²) in [5.41, 5.74) is 1.31. The van der Waals surface area contributed by atoms with Crippen molar-refractivity contribution in [3.8, 4) is 11.5 Å². The molecule has 12 nitrogen and oxygen atoms in total. The number of hydrogen-bond donors (Lipinski definition) is 8. The molecule has 0 spiro atoms. The molecule has 2 aliphatic heterocycles. The fourth-order valence-corrected chi connectivity index (χ4v) is 4.61. The van der Waals surface area contributed by atoms with Crippen LogP contribution in [0.4, 0.5) is 0 Å². The summed E-state index contributed by atoms with van der Waals surface area (Å²) in [6, 6.07) is 3.46. The Hall–Kier alpha value is -2.10. The van der Waals surface area contributed by atoms with Crippen LogP contribution < -0.4 is 9.47 Å². The summed E-state index contributed by atoms with van der Waals surface area (Å²) in [6.07, 6.45) is -4.75. The number of aliphatic hydroxyl groups excluding tert-OH is 8. The molecule has 2 heterocycles. The molecule has 0 amide bonds. The average molecular weight is 543 g/mol. The van der Waals surface area contributed by atoms with Gasteiger partial charge in [-0.25, -0.2) is 0 Å². The molecule has 0 radical (unpaired) electrons. The van der Waals surface area contributed by atoms with Crippen molar-refractivity contribution in [2.75, 3.05) is 27.4 Å². The van der Waals surface area contributed by atoms with E-state index in [9.17, 15) is 40.9 Å². The second kappa shape index (κ2) is 13.8. The highest BCUT2D eigenvalue weighted by molar-refractivity contribution is 5.68. The minimum atomic E-state index is -1.44. The summed E-state index contributed by atoms with van der Waals surface area (Å²) in [7, 11) is 3.00. The predicted octanol–water partition coefficient (Wildman–Crippen LogP) is -1.80. The molecule has 12 heteroatoms. The third-order valence-corrected chi connectivity index (χ3v) is 6.90. The van der Waals surface area contributed by atoms with Crippen LogP contribution in [-0.4, -0.2) is 129 Å². The summed E-state index contributed by atoms with van der Waals surface area (Å²) < 4.78 is 22.0. The monoisotopic (exact) mass is 542 g/mol. The first-order valence-electron chi connectivity index (χ1n) is 12.4. The van der Waals surface area contributed by atoms with Crippen LogP contribution in [0.5, 0.6) is 11.5 Å². The lowest BCUT2D eigenvalue weighted by Gasteiger charge is -2.39. The average Bonchev–Trinajstić information content (AvgIpc) is 2.93. The number of methoxy groups -OCH3 is 2. The van der Waals surface area contributed by atoms with Gasteiger partial charge in [0.2, 0.25) is 0 Å². The third kappa shape index (κ3) is 6.72. The van der Waals surface area contributed by atoms with Crippen LogP contribution >= 0.6 is 0 Å². The smallest absolute Gasteiger partial charge is 0.126 e. The summed E-state index contributed by atoms with van der Waals surface area (Å²) in [4.78, 5) is 0. The molecule has 0 saturated carbocycles. The number of hydrogen-bond acceptors (Lipinski definition) is 12. The zero-order valence-corrected chi connectivity index (χ0v) is 21.3. The van der Waals surface area contributed by atoms with Crippen LogP contribution in [-0.2, 0) is 9.47 Å². The molecule has 2 fully saturated rings. The van der Waals surface area contributed by atoms with Crippen molar-refractivity contribution < 1.29 is 59.8 Å². The van der Waals surface area contributed by atoms with E-state index in [1.807, 2.05) is 0 Å². The Balaban J connectivity index is 1.71. The molecule has 38 heavy (non-hydrogen) atoms. The molecule has 214 valence electrons. The van der Waals surface area contributed by atoms with Gasteiger partial charge in [0.1, 0.15) is 60.3 Å². The molecule has 1 aromatic carbocycles. The van der Waals surface area contributed by atoms with E-state index >= 15 is 0 Å². The van der Waals surface area contributed by atoms with E-state index in [-0.39, 0.29) is 12.8 Å². The van der Waals surface area contributed by atoms with Gasteiger partial charge in [0.05, 0.1) is 39.6 Å². The molecular formula is C26H38O12. The maximum Gasteiger partial charge on any atom is 0.126 e. The quantitative estimate of drug-likeness (QED) is 0.165. The maximum absolute atomic E-state index is 10.2. The first-order valence-corrected chi connectivity index (χ1v) is 12.4. The van der Waals surface area contributed by atoms with Gasteiger partial charge in [0, 0.05) is 11.1 Å². The van der Waals surface area contributed by atoms with Crippen molar-refractivity contribution in [2.45, 2.75) is 73.9 Å². The van der Waals surface area contributed by atoms with Crippen molar-refractivity contribution in [2.24, 2.45) is 0 Å². The predicted molar refractivity (Wildman–Crippen MR) is 134 cm³/mol. The van der Waals surface area contributed by atoms with Crippen molar-refractivity contribution in [3.63, 3.8) is 0 Å². The largest absolute Gasteiger partial charge is 0.496 e. The van der Waals surface area contributed by atoms with Gasteiger partial charge in [-0.2, -0.15) is 0 Å². The van der Waals surface area contributed by atoms with Gasteiger partial charge >= 0.3 is 0 Å². The van der Waals surface area contributed by atoms with Crippen molar-refractivity contribution in [3.05, 3.63) is 35.4 Å². The van der Waals surface area contributed by atoms with E-state index in [2.05, 4.69) is 0 Å². The van der Waals surface area contributed by atoms with Crippen LogP contribution in [0.3, 0.4) is 0 Å². The lowest BCUT2D eigenvalue weighted by Crippen LogP contribution is -2.58. The minimum Gasteiger partial charge on any atom is -0.496 e. The Bertz CT molecular complexity index is 873.